The molecule has 66 valence electrons. The minimum atomic E-state index is 0.480. The van der Waals surface area contributed by atoms with Crippen LogP contribution < -0.4 is 10.6 Å². The van der Waals surface area contributed by atoms with Crippen LogP contribution in [-0.4, -0.2) is 24.1 Å². The molecule has 1 rings (SSSR count). The van der Waals surface area contributed by atoms with Crippen molar-refractivity contribution >= 4 is 5.82 Å². The van der Waals surface area contributed by atoms with Gasteiger partial charge in [-0.3, -0.25) is 0 Å². The first-order chi connectivity index (χ1) is 5.65. The van der Waals surface area contributed by atoms with Crippen molar-refractivity contribution < 1.29 is 0 Å². The molecule has 0 aliphatic rings. The van der Waals surface area contributed by atoms with Crippen LogP contribution in [0.5, 0.6) is 0 Å². The molecule has 4 nitrogen and oxygen atoms in total. The molecular formula is C8H14N4. The number of nitrogens with two attached hydrogens (primary N) is 1. The molecular weight excluding hydrogens is 152 g/mol. The summed E-state index contributed by atoms with van der Waals surface area (Å²) in [6, 6.07) is 0. The Morgan fingerprint density at radius 1 is 1.50 bits per heavy atom. The first-order valence-corrected chi connectivity index (χ1v) is 3.85. The summed E-state index contributed by atoms with van der Waals surface area (Å²) in [6.45, 7) is 2.35. The van der Waals surface area contributed by atoms with Crippen LogP contribution in [-0.2, 0) is 6.54 Å². The zero-order chi connectivity index (χ0) is 9.14. The van der Waals surface area contributed by atoms with Gasteiger partial charge in [0.15, 0.2) is 0 Å². The zero-order valence-electron chi connectivity index (χ0n) is 7.70. The standard InChI is InChI=1S/C8H14N4/c1-6-10-5-7(4-9)8(11-6)12(2)3/h5H,4,9H2,1-3H3. The predicted molar refractivity (Wildman–Crippen MR) is 49.0 cm³/mol. The zero-order valence-corrected chi connectivity index (χ0v) is 7.70. The summed E-state index contributed by atoms with van der Waals surface area (Å²) < 4.78 is 0. The van der Waals surface area contributed by atoms with E-state index in [0.29, 0.717) is 6.54 Å². The fourth-order valence-electron chi connectivity index (χ4n) is 1.01. The van der Waals surface area contributed by atoms with Crippen molar-refractivity contribution in [2.24, 2.45) is 5.73 Å². The second-order valence-electron chi connectivity index (χ2n) is 2.86. The average Bonchev–Trinajstić information content (AvgIpc) is 2.04. The molecule has 0 fully saturated rings. The van der Waals surface area contributed by atoms with E-state index in [2.05, 4.69) is 9.97 Å². The number of hydrogen-bond acceptors (Lipinski definition) is 4. The van der Waals surface area contributed by atoms with E-state index in [-0.39, 0.29) is 0 Å². The third kappa shape index (κ3) is 1.71. The summed E-state index contributed by atoms with van der Waals surface area (Å²) in [5.74, 6) is 1.68. The normalized spacial score (nSPS) is 10.0. The van der Waals surface area contributed by atoms with Gasteiger partial charge in [-0.1, -0.05) is 0 Å². The van der Waals surface area contributed by atoms with Gasteiger partial charge in [-0.05, 0) is 6.92 Å². The molecule has 0 atom stereocenters. The summed E-state index contributed by atoms with van der Waals surface area (Å²) in [5, 5.41) is 0. The topological polar surface area (TPSA) is 55.0 Å². The first-order valence-electron chi connectivity index (χ1n) is 3.85. The minimum absolute atomic E-state index is 0.480. The monoisotopic (exact) mass is 166 g/mol. The van der Waals surface area contributed by atoms with E-state index in [9.17, 15) is 0 Å². The van der Waals surface area contributed by atoms with Crippen molar-refractivity contribution in [1.29, 1.82) is 0 Å². The van der Waals surface area contributed by atoms with Crippen LogP contribution in [0.2, 0.25) is 0 Å². The van der Waals surface area contributed by atoms with Gasteiger partial charge in [0.2, 0.25) is 0 Å². The highest BCUT2D eigenvalue weighted by Crippen LogP contribution is 2.12. The molecule has 0 radical (unpaired) electrons. The van der Waals surface area contributed by atoms with Crippen molar-refractivity contribution in [3.8, 4) is 0 Å². The van der Waals surface area contributed by atoms with Crippen LogP contribution in [0.1, 0.15) is 11.4 Å². The van der Waals surface area contributed by atoms with E-state index in [1.54, 1.807) is 6.20 Å². The molecule has 1 aromatic heterocycles. The highest BCUT2D eigenvalue weighted by molar-refractivity contribution is 5.44. The lowest BCUT2D eigenvalue weighted by Gasteiger charge is -2.14. The summed E-state index contributed by atoms with van der Waals surface area (Å²) >= 11 is 0. The Bertz CT molecular complexity index is 270. The van der Waals surface area contributed by atoms with E-state index in [4.69, 9.17) is 5.73 Å². The molecule has 0 saturated heterocycles. The molecule has 0 bridgehead atoms. The van der Waals surface area contributed by atoms with Crippen LogP contribution >= 0.6 is 0 Å². The number of hydrogen-bond donors (Lipinski definition) is 1. The molecule has 0 saturated carbocycles. The van der Waals surface area contributed by atoms with Gasteiger partial charge in [-0.25, -0.2) is 9.97 Å². The quantitative estimate of drug-likeness (QED) is 0.687. The molecule has 0 spiro atoms. The van der Waals surface area contributed by atoms with Gasteiger partial charge < -0.3 is 10.6 Å². The third-order valence-corrected chi connectivity index (χ3v) is 1.61. The Kier molecular flexibility index (Phi) is 2.60. The number of aryl methyl sites for hydroxylation is 1. The highest BCUT2D eigenvalue weighted by Gasteiger charge is 2.04. The Hall–Kier alpha value is -1.16. The fraction of sp³-hybridized carbons (Fsp3) is 0.500. The van der Waals surface area contributed by atoms with Gasteiger partial charge in [-0.15, -0.1) is 0 Å². The lowest BCUT2D eigenvalue weighted by atomic mass is 10.3. The van der Waals surface area contributed by atoms with Crippen LogP contribution in [0.25, 0.3) is 0 Å². The molecule has 0 aliphatic carbocycles. The van der Waals surface area contributed by atoms with Gasteiger partial charge >= 0.3 is 0 Å². The maximum Gasteiger partial charge on any atom is 0.136 e. The third-order valence-electron chi connectivity index (χ3n) is 1.61. The maximum absolute atomic E-state index is 5.53. The molecule has 12 heavy (non-hydrogen) atoms. The molecule has 1 aromatic rings. The number of anilines is 1. The van der Waals surface area contributed by atoms with Crippen LogP contribution in [0.3, 0.4) is 0 Å². The molecule has 0 aliphatic heterocycles. The van der Waals surface area contributed by atoms with Crippen molar-refractivity contribution in [3.63, 3.8) is 0 Å². The summed E-state index contributed by atoms with van der Waals surface area (Å²) in [5.41, 5.74) is 6.51. The predicted octanol–water partition coefficient (Wildman–Crippen LogP) is 0.310. The number of rotatable bonds is 2. The molecule has 0 amide bonds. The van der Waals surface area contributed by atoms with Gasteiger partial charge in [-0.2, -0.15) is 0 Å². The van der Waals surface area contributed by atoms with Gasteiger partial charge in [0.25, 0.3) is 0 Å². The van der Waals surface area contributed by atoms with Crippen molar-refractivity contribution in [2.45, 2.75) is 13.5 Å². The minimum Gasteiger partial charge on any atom is -0.362 e. The first kappa shape index (κ1) is 8.93. The maximum atomic E-state index is 5.53. The van der Waals surface area contributed by atoms with Crippen LogP contribution in [0.15, 0.2) is 6.20 Å². The van der Waals surface area contributed by atoms with E-state index in [1.165, 1.54) is 0 Å². The average molecular weight is 166 g/mol. The lowest BCUT2D eigenvalue weighted by molar-refractivity contribution is 0.926. The van der Waals surface area contributed by atoms with E-state index in [1.807, 2.05) is 25.9 Å². The summed E-state index contributed by atoms with van der Waals surface area (Å²) in [6.07, 6.45) is 1.78. The Labute approximate surface area is 72.4 Å². The van der Waals surface area contributed by atoms with Crippen LogP contribution in [0, 0.1) is 6.92 Å². The molecule has 0 aromatic carbocycles. The van der Waals surface area contributed by atoms with E-state index in [0.717, 1.165) is 17.2 Å². The van der Waals surface area contributed by atoms with Crippen molar-refractivity contribution in [2.75, 3.05) is 19.0 Å². The van der Waals surface area contributed by atoms with Crippen molar-refractivity contribution in [1.82, 2.24) is 9.97 Å². The van der Waals surface area contributed by atoms with Gasteiger partial charge in [0, 0.05) is 32.4 Å². The van der Waals surface area contributed by atoms with Crippen molar-refractivity contribution in [3.05, 3.63) is 17.6 Å². The van der Waals surface area contributed by atoms with Gasteiger partial charge in [0.1, 0.15) is 11.6 Å². The molecule has 0 unspecified atom stereocenters. The van der Waals surface area contributed by atoms with E-state index < -0.39 is 0 Å². The Morgan fingerprint density at radius 3 is 2.67 bits per heavy atom. The Balaban J connectivity index is 3.12. The Morgan fingerprint density at radius 2 is 2.17 bits per heavy atom. The number of nitrogens with zero attached hydrogens (tertiary/aromatic N) is 3. The second-order valence-corrected chi connectivity index (χ2v) is 2.86. The highest BCUT2D eigenvalue weighted by atomic mass is 15.2. The molecule has 1 heterocycles. The molecule has 4 heteroatoms. The summed E-state index contributed by atoms with van der Waals surface area (Å²) in [4.78, 5) is 10.3. The fourth-order valence-corrected chi connectivity index (χ4v) is 1.01. The lowest BCUT2D eigenvalue weighted by Crippen LogP contribution is -2.16. The smallest absolute Gasteiger partial charge is 0.136 e. The largest absolute Gasteiger partial charge is 0.362 e. The van der Waals surface area contributed by atoms with Crippen LogP contribution in [0.4, 0.5) is 5.82 Å². The number of aromatic nitrogens is 2. The van der Waals surface area contributed by atoms with Gasteiger partial charge in [0.05, 0.1) is 0 Å². The van der Waals surface area contributed by atoms with E-state index >= 15 is 0 Å². The summed E-state index contributed by atoms with van der Waals surface area (Å²) in [7, 11) is 3.89. The second kappa shape index (κ2) is 3.49. The molecule has 2 N–H and O–H groups in total. The SMILES string of the molecule is Cc1ncc(CN)c(N(C)C)n1.